The van der Waals surface area contributed by atoms with Gasteiger partial charge in [0.1, 0.15) is 11.5 Å². The normalized spacial score (nSPS) is 14.9. The van der Waals surface area contributed by atoms with E-state index in [9.17, 15) is 4.79 Å². The maximum absolute atomic E-state index is 12.4. The lowest BCUT2D eigenvalue weighted by molar-refractivity contribution is 0.0948. The minimum Gasteiger partial charge on any atom is -0.367 e. The van der Waals surface area contributed by atoms with Gasteiger partial charge in [0.25, 0.3) is 5.91 Å². The Morgan fingerprint density at radius 2 is 1.88 bits per heavy atom. The highest BCUT2D eigenvalue weighted by Crippen LogP contribution is 2.23. The average Bonchev–Trinajstić information content (AvgIpc) is 2.67. The van der Waals surface area contributed by atoms with Crippen LogP contribution >= 0.6 is 0 Å². The van der Waals surface area contributed by atoms with Gasteiger partial charge in [-0.25, -0.2) is 9.97 Å². The molecule has 3 rings (SSSR count). The van der Waals surface area contributed by atoms with E-state index in [1.54, 1.807) is 6.07 Å². The number of amides is 1. The molecule has 0 radical (unpaired) electrons. The van der Waals surface area contributed by atoms with Crippen LogP contribution in [0.3, 0.4) is 0 Å². The molecule has 25 heavy (non-hydrogen) atoms. The van der Waals surface area contributed by atoms with Gasteiger partial charge in [0, 0.05) is 24.2 Å². The first-order valence-electron chi connectivity index (χ1n) is 9.25. The highest BCUT2D eigenvalue weighted by molar-refractivity contribution is 5.93. The van der Waals surface area contributed by atoms with Crippen molar-refractivity contribution in [2.24, 2.45) is 0 Å². The number of rotatable bonds is 6. The van der Waals surface area contributed by atoms with Gasteiger partial charge in [-0.3, -0.25) is 4.79 Å². The number of hydrogen-bond acceptors (Lipinski definition) is 4. The van der Waals surface area contributed by atoms with E-state index >= 15 is 0 Å². The summed E-state index contributed by atoms with van der Waals surface area (Å²) in [5, 5.41) is 6.41. The Morgan fingerprint density at radius 1 is 1.12 bits per heavy atom. The van der Waals surface area contributed by atoms with E-state index < -0.39 is 0 Å². The molecule has 1 aromatic heterocycles. The molecular weight excluding hydrogens is 312 g/mol. The number of carbonyl (C=O) groups is 1. The van der Waals surface area contributed by atoms with E-state index in [0.29, 0.717) is 24.1 Å². The fourth-order valence-corrected chi connectivity index (χ4v) is 3.14. The van der Waals surface area contributed by atoms with Crippen LogP contribution in [0.5, 0.6) is 0 Å². The first kappa shape index (κ1) is 17.4. The molecule has 1 aromatic carbocycles. The molecule has 1 heterocycles. The molecule has 2 N–H and O–H groups in total. The van der Waals surface area contributed by atoms with Gasteiger partial charge in [0.05, 0.1) is 0 Å². The standard InChI is InChI=1S/C20H26N4O/c1-2-13-21-20(25)17-14-18(22-16-11-7-4-8-12-16)24-19(23-17)15-9-5-3-6-10-15/h3,5-6,9-10,14,16H,2,4,7-8,11-13H2,1H3,(H,21,25)(H,22,23,24). The van der Waals surface area contributed by atoms with Crippen LogP contribution in [-0.4, -0.2) is 28.5 Å². The minimum atomic E-state index is -0.145. The van der Waals surface area contributed by atoms with E-state index in [0.717, 1.165) is 30.6 Å². The lowest BCUT2D eigenvalue weighted by Crippen LogP contribution is -2.27. The average molecular weight is 338 g/mol. The number of carbonyl (C=O) groups excluding carboxylic acids is 1. The molecule has 0 aliphatic heterocycles. The Kier molecular flexibility index (Phi) is 5.99. The summed E-state index contributed by atoms with van der Waals surface area (Å²) in [6, 6.07) is 12.0. The van der Waals surface area contributed by atoms with Crippen LogP contribution in [0.25, 0.3) is 11.4 Å². The van der Waals surface area contributed by atoms with Crippen molar-refractivity contribution in [1.29, 1.82) is 0 Å². The largest absolute Gasteiger partial charge is 0.367 e. The lowest BCUT2D eigenvalue weighted by atomic mass is 9.95. The zero-order valence-electron chi connectivity index (χ0n) is 14.8. The molecule has 0 unspecified atom stereocenters. The fraction of sp³-hybridized carbons (Fsp3) is 0.450. The molecule has 1 amide bonds. The Bertz CT molecular complexity index is 696. The Morgan fingerprint density at radius 3 is 2.60 bits per heavy atom. The van der Waals surface area contributed by atoms with Crippen molar-refractivity contribution in [3.8, 4) is 11.4 Å². The van der Waals surface area contributed by atoms with Gasteiger partial charge < -0.3 is 10.6 Å². The van der Waals surface area contributed by atoms with Crippen LogP contribution < -0.4 is 10.6 Å². The summed E-state index contributed by atoms with van der Waals surface area (Å²) in [6.07, 6.45) is 7.01. The van der Waals surface area contributed by atoms with Gasteiger partial charge >= 0.3 is 0 Å². The zero-order chi connectivity index (χ0) is 17.5. The van der Waals surface area contributed by atoms with Crippen molar-refractivity contribution in [2.75, 3.05) is 11.9 Å². The molecule has 0 saturated heterocycles. The van der Waals surface area contributed by atoms with Gasteiger partial charge in [-0.2, -0.15) is 0 Å². The Balaban J connectivity index is 1.88. The summed E-state index contributed by atoms with van der Waals surface area (Å²) >= 11 is 0. The molecule has 132 valence electrons. The molecule has 1 saturated carbocycles. The molecule has 2 aromatic rings. The summed E-state index contributed by atoms with van der Waals surface area (Å²) in [5.41, 5.74) is 1.33. The maximum atomic E-state index is 12.4. The third-order valence-electron chi connectivity index (χ3n) is 4.48. The van der Waals surface area contributed by atoms with Crippen molar-refractivity contribution >= 4 is 11.7 Å². The zero-order valence-corrected chi connectivity index (χ0v) is 14.8. The smallest absolute Gasteiger partial charge is 0.270 e. The second kappa shape index (κ2) is 8.60. The molecule has 5 nitrogen and oxygen atoms in total. The summed E-state index contributed by atoms with van der Waals surface area (Å²) in [7, 11) is 0. The quantitative estimate of drug-likeness (QED) is 0.834. The number of anilines is 1. The number of hydrogen-bond donors (Lipinski definition) is 2. The second-order valence-electron chi connectivity index (χ2n) is 6.56. The minimum absolute atomic E-state index is 0.145. The fourth-order valence-electron chi connectivity index (χ4n) is 3.14. The van der Waals surface area contributed by atoms with Crippen LogP contribution in [0.15, 0.2) is 36.4 Å². The third-order valence-corrected chi connectivity index (χ3v) is 4.48. The van der Waals surface area contributed by atoms with E-state index in [-0.39, 0.29) is 5.91 Å². The van der Waals surface area contributed by atoms with Gasteiger partial charge in [0.2, 0.25) is 0 Å². The molecular formula is C20H26N4O. The van der Waals surface area contributed by atoms with E-state index in [2.05, 4.69) is 20.6 Å². The second-order valence-corrected chi connectivity index (χ2v) is 6.56. The summed E-state index contributed by atoms with van der Waals surface area (Å²) in [4.78, 5) is 21.5. The molecule has 1 fully saturated rings. The summed E-state index contributed by atoms with van der Waals surface area (Å²) < 4.78 is 0. The van der Waals surface area contributed by atoms with Crippen molar-refractivity contribution < 1.29 is 4.79 Å². The molecule has 1 aliphatic carbocycles. The van der Waals surface area contributed by atoms with Crippen molar-refractivity contribution in [1.82, 2.24) is 15.3 Å². The van der Waals surface area contributed by atoms with Crippen LogP contribution in [-0.2, 0) is 0 Å². The van der Waals surface area contributed by atoms with E-state index in [4.69, 9.17) is 0 Å². The number of benzene rings is 1. The van der Waals surface area contributed by atoms with Crippen LogP contribution in [0.2, 0.25) is 0 Å². The first-order valence-corrected chi connectivity index (χ1v) is 9.25. The third kappa shape index (κ3) is 4.78. The molecule has 0 bridgehead atoms. The topological polar surface area (TPSA) is 66.9 Å². The van der Waals surface area contributed by atoms with E-state index in [1.807, 2.05) is 37.3 Å². The van der Waals surface area contributed by atoms with Crippen molar-refractivity contribution in [2.45, 2.75) is 51.5 Å². The van der Waals surface area contributed by atoms with Crippen LogP contribution in [0, 0.1) is 0 Å². The molecule has 0 spiro atoms. The summed E-state index contributed by atoms with van der Waals surface area (Å²) in [6.45, 7) is 2.68. The summed E-state index contributed by atoms with van der Waals surface area (Å²) in [5.74, 6) is 1.18. The SMILES string of the molecule is CCCNC(=O)c1cc(NC2CCCCC2)nc(-c2ccccc2)n1. The first-order chi connectivity index (χ1) is 12.3. The van der Waals surface area contributed by atoms with Gasteiger partial charge in [0.15, 0.2) is 5.82 Å². The molecule has 0 atom stereocenters. The Labute approximate surface area is 149 Å². The maximum Gasteiger partial charge on any atom is 0.270 e. The lowest BCUT2D eigenvalue weighted by Gasteiger charge is -2.23. The number of aromatic nitrogens is 2. The van der Waals surface area contributed by atoms with Crippen LogP contribution in [0.4, 0.5) is 5.82 Å². The van der Waals surface area contributed by atoms with E-state index in [1.165, 1.54) is 19.3 Å². The monoisotopic (exact) mass is 338 g/mol. The van der Waals surface area contributed by atoms with Gasteiger partial charge in [-0.1, -0.05) is 56.5 Å². The molecule has 5 heteroatoms. The van der Waals surface area contributed by atoms with Crippen LogP contribution in [0.1, 0.15) is 55.9 Å². The van der Waals surface area contributed by atoms with Crippen molar-refractivity contribution in [3.05, 3.63) is 42.1 Å². The van der Waals surface area contributed by atoms with Gasteiger partial charge in [-0.05, 0) is 19.3 Å². The predicted octanol–water partition coefficient (Wildman–Crippen LogP) is 4.03. The highest BCUT2D eigenvalue weighted by Gasteiger charge is 2.17. The van der Waals surface area contributed by atoms with Gasteiger partial charge in [-0.15, -0.1) is 0 Å². The number of nitrogens with zero attached hydrogens (tertiary/aromatic N) is 2. The molecule has 1 aliphatic rings. The van der Waals surface area contributed by atoms with Crippen molar-refractivity contribution in [3.63, 3.8) is 0 Å². The highest BCUT2D eigenvalue weighted by atomic mass is 16.1. The number of nitrogens with one attached hydrogen (secondary N) is 2. The predicted molar refractivity (Wildman–Crippen MR) is 101 cm³/mol. The Hall–Kier alpha value is -2.43.